The highest BCUT2D eigenvalue weighted by molar-refractivity contribution is 5.78. The first-order chi connectivity index (χ1) is 12.2. The fourth-order valence-electron chi connectivity index (χ4n) is 3.24. The van der Waals surface area contributed by atoms with Crippen molar-refractivity contribution in [2.45, 2.75) is 129 Å². The monoisotopic (exact) mass is 354 g/mol. The first-order valence-electron chi connectivity index (χ1n) is 10.9. The largest absolute Gasteiger partial charge is 0.481 e. The predicted octanol–water partition coefficient (Wildman–Crippen LogP) is 7.07. The van der Waals surface area contributed by atoms with E-state index in [-0.39, 0.29) is 0 Å². The lowest BCUT2D eigenvalue weighted by atomic mass is 10.0. The third-order valence-electron chi connectivity index (χ3n) is 4.91. The minimum Gasteiger partial charge on any atom is -0.481 e. The lowest BCUT2D eigenvalue weighted by Crippen LogP contribution is -1.97. The van der Waals surface area contributed by atoms with Gasteiger partial charge in [-0.2, -0.15) is 0 Å². The van der Waals surface area contributed by atoms with Gasteiger partial charge in [-0.15, -0.1) is 0 Å². The average Bonchev–Trinajstić information content (AvgIpc) is 2.58. The highest BCUT2D eigenvalue weighted by atomic mass is 16.4. The van der Waals surface area contributed by atoms with E-state index in [9.17, 15) is 9.59 Å². The number of carboxylic acids is 1. The normalized spacial score (nSPS) is 10.9. The van der Waals surface area contributed by atoms with Crippen molar-refractivity contribution in [2.75, 3.05) is 0 Å². The van der Waals surface area contributed by atoms with Crippen LogP contribution in [0.25, 0.3) is 0 Å². The zero-order valence-corrected chi connectivity index (χ0v) is 16.7. The molecule has 0 rings (SSSR count). The summed E-state index contributed by atoms with van der Waals surface area (Å²) in [5, 5.41) is 8.55. The Morgan fingerprint density at radius 1 is 0.520 bits per heavy atom. The van der Waals surface area contributed by atoms with Crippen LogP contribution in [0.2, 0.25) is 0 Å². The summed E-state index contributed by atoms with van der Waals surface area (Å²) in [7, 11) is 0. The van der Waals surface area contributed by atoms with Crippen molar-refractivity contribution in [3.8, 4) is 0 Å². The second-order valence-electron chi connectivity index (χ2n) is 7.49. The Morgan fingerprint density at radius 2 is 0.840 bits per heavy atom. The molecule has 0 aliphatic carbocycles. The van der Waals surface area contributed by atoms with E-state index < -0.39 is 5.97 Å². The predicted molar refractivity (Wildman–Crippen MR) is 106 cm³/mol. The number of unbranched alkanes of at least 4 members (excludes halogenated alkanes) is 14. The van der Waals surface area contributed by atoms with Gasteiger partial charge in [-0.3, -0.25) is 9.59 Å². The van der Waals surface area contributed by atoms with E-state index in [2.05, 4.69) is 6.92 Å². The summed E-state index contributed by atoms with van der Waals surface area (Å²) in [6, 6.07) is 0. The first kappa shape index (κ1) is 24.1. The molecule has 0 amide bonds. The summed E-state index contributed by atoms with van der Waals surface area (Å²) in [6.45, 7) is 2.22. The quantitative estimate of drug-likeness (QED) is 0.238. The van der Waals surface area contributed by atoms with Gasteiger partial charge in [0.15, 0.2) is 0 Å². The summed E-state index contributed by atoms with van der Waals surface area (Å²) in [6.07, 6.45) is 21.1. The van der Waals surface area contributed by atoms with Crippen LogP contribution in [-0.4, -0.2) is 16.9 Å². The molecule has 0 spiro atoms. The Labute approximate surface area is 156 Å². The molecule has 1 N–H and O–H groups in total. The molecule has 0 saturated carbocycles. The van der Waals surface area contributed by atoms with Crippen LogP contribution in [0, 0.1) is 0 Å². The molecular formula is C22H42O3. The number of carbonyl (C=O) groups excluding carboxylic acids is 1. The number of aliphatic carboxylic acids is 1. The summed E-state index contributed by atoms with van der Waals surface area (Å²) < 4.78 is 0. The van der Waals surface area contributed by atoms with Crippen molar-refractivity contribution in [1.29, 1.82) is 0 Å². The number of hydrogen-bond acceptors (Lipinski definition) is 2. The van der Waals surface area contributed by atoms with Crippen LogP contribution in [0.15, 0.2) is 0 Å². The highest BCUT2D eigenvalue weighted by Gasteiger charge is 2.02. The van der Waals surface area contributed by atoms with Crippen LogP contribution < -0.4 is 0 Å². The number of rotatable bonds is 20. The second-order valence-corrected chi connectivity index (χ2v) is 7.49. The fourth-order valence-corrected chi connectivity index (χ4v) is 3.24. The summed E-state index contributed by atoms with van der Waals surface area (Å²) in [5.74, 6) is -0.201. The molecule has 25 heavy (non-hydrogen) atoms. The minimum absolute atomic E-state index is 0.321. The SMILES string of the molecule is CCCCCCCC(=O)CCCCCCCCCCCCCC(=O)O. The molecule has 0 bridgehead atoms. The topological polar surface area (TPSA) is 54.4 Å². The maximum atomic E-state index is 11.8. The van der Waals surface area contributed by atoms with Crippen molar-refractivity contribution >= 4 is 11.8 Å². The molecule has 0 aliphatic rings. The molecule has 0 radical (unpaired) electrons. The summed E-state index contributed by atoms with van der Waals surface area (Å²) >= 11 is 0. The first-order valence-corrected chi connectivity index (χ1v) is 10.9. The lowest BCUT2D eigenvalue weighted by Gasteiger charge is -2.03. The van der Waals surface area contributed by atoms with E-state index >= 15 is 0 Å². The third kappa shape index (κ3) is 21.1. The van der Waals surface area contributed by atoms with Crippen molar-refractivity contribution in [2.24, 2.45) is 0 Å². The molecule has 148 valence electrons. The standard InChI is InChI=1S/C22H42O3/c1-2-3-4-12-15-18-21(23)19-16-13-10-8-6-5-7-9-11-14-17-20-22(24)25/h2-20H2,1H3,(H,24,25). The van der Waals surface area contributed by atoms with E-state index in [4.69, 9.17) is 5.11 Å². The Morgan fingerprint density at radius 3 is 1.20 bits per heavy atom. The highest BCUT2D eigenvalue weighted by Crippen LogP contribution is 2.13. The Balaban J connectivity index is 3.13. The van der Waals surface area contributed by atoms with Gasteiger partial charge < -0.3 is 5.11 Å². The van der Waals surface area contributed by atoms with Gasteiger partial charge in [0.2, 0.25) is 0 Å². The van der Waals surface area contributed by atoms with Crippen LogP contribution >= 0.6 is 0 Å². The van der Waals surface area contributed by atoms with Crippen LogP contribution in [0.1, 0.15) is 129 Å². The number of carbonyl (C=O) groups is 2. The zero-order valence-electron chi connectivity index (χ0n) is 16.7. The molecule has 0 aromatic rings. The van der Waals surface area contributed by atoms with Crippen LogP contribution in [-0.2, 0) is 9.59 Å². The number of carboxylic acid groups (broad SMARTS) is 1. The van der Waals surface area contributed by atoms with Crippen LogP contribution in [0.4, 0.5) is 0 Å². The number of hydrogen-bond donors (Lipinski definition) is 1. The molecule has 0 atom stereocenters. The van der Waals surface area contributed by atoms with Gasteiger partial charge in [0, 0.05) is 19.3 Å². The molecule has 0 unspecified atom stereocenters. The molecule has 0 aliphatic heterocycles. The van der Waals surface area contributed by atoms with E-state index in [0.29, 0.717) is 12.2 Å². The van der Waals surface area contributed by atoms with Crippen molar-refractivity contribution in [3.05, 3.63) is 0 Å². The molecule has 0 aromatic carbocycles. The summed E-state index contributed by atoms with van der Waals surface area (Å²) in [4.78, 5) is 22.1. The number of Topliss-reactive ketones (excluding diaryl/α,β-unsaturated/α-hetero) is 1. The van der Waals surface area contributed by atoms with Crippen LogP contribution in [0.5, 0.6) is 0 Å². The van der Waals surface area contributed by atoms with Gasteiger partial charge in [-0.1, -0.05) is 90.4 Å². The van der Waals surface area contributed by atoms with E-state index in [0.717, 1.165) is 38.5 Å². The fraction of sp³-hybridized carbons (Fsp3) is 0.909. The molecule has 3 heteroatoms. The molecule has 0 aromatic heterocycles. The van der Waals surface area contributed by atoms with Gasteiger partial charge in [0.1, 0.15) is 5.78 Å². The molecule has 0 saturated heterocycles. The van der Waals surface area contributed by atoms with Crippen molar-refractivity contribution in [3.63, 3.8) is 0 Å². The van der Waals surface area contributed by atoms with Gasteiger partial charge in [-0.05, 0) is 19.3 Å². The lowest BCUT2D eigenvalue weighted by molar-refractivity contribution is -0.137. The zero-order chi connectivity index (χ0) is 18.6. The maximum absolute atomic E-state index is 11.8. The van der Waals surface area contributed by atoms with E-state index in [1.807, 2.05) is 0 Å². The smallest absolute Gasteiger partial charge is 0.303 e. The van der Waals surface area contributed by atoms with Gasteiger partial charge in [0.25, 0.3) is 0 Å². The molecular weight excluding hydrogens is 312 g/mol. The summed E-state index contributed by atoms with van der Waals surface area (Å²) in [5.41, 5.74) is 0. The van der Waals surface area contributed by atoms with Crippen LogP contribution in [0.3, 0.4) is 0 Å². The Hall–Kier alpha value is -0.860. The number of ketones is 1. The Kier molecular flexibility index (Phi) is 18.8. The maximum Gasteiger partial charge on any atom is 0.303 e. The van der Waals surface area contributed by atoms with Gasteiger partial charge in [0.05, 0.1) is 0 Å². The molecule has 0 heterocycles. The van der Waals surface area contributed by atoms with Crippen molar-refractivity contribution < 1.29 is 14.7 Å². The van der Waals surface area contributed by atoms with E-state index in [1.165, 1.54) is 77.0 Å². The minimum atomic E-state index is -0.673. The third-order valence-corrected chi connectivity index (χ3v) is 4.91. The van der Waals surface area contributed by atoms with Gasteiger partial charge >= 0.3 is 5.97 Å². The average molecular weight is 355 g/mol. The van der Waals surface area contributed by atoms with Crippen molar-refractivity contribution in [1.82, 2.24) is 0 Å². The Bertz CT molecular complexity index is 312. The molecule has 3 nitrogen and oxygen atoms in total. The van der Waals surface area contributed by atoms with Gasteiger partial charge in [-0.25, -0.2) is 0 Å². The second kappa shape index (κ2) is 19.5. The molecule has 0 fully saturated rings. The van der Waals surface area contributed by atoms with E-state index in [1.54, 1.807) is 0 Å².